The van der Waals surface area contributed by atoms with Gasteiger partial charge in [-0.2, -0.15) is 0 Å². The highest BCUT2D eigenvalue weighted by Gasteiger charge is 2.48. The quantitative estimate of drug-likeness (QED) is 0.0903. The number of aliphatic hydroxyl groups excluding tert-OH is 1. The Bertz CT molecular complexity index is 1540. The van der Waals surface area contributed by atoms with Crippen LogP contribution in [0.4, 0.5) is 5.13 Å². The zero-order chi connectivity index (χ0) is 26.8. The van der Waals surface area contributed by atoms with Gasteiger partial charge in [0.2, 0.25) is 5.13 Å². The summed E-state index contributed by atoms with van der Waals surface area (Å²) in [4.78, 5) is 31.8. The van der Waals surface area contributed by atoms with E-state index >= 15 is 0 Å². The van der Waals surface area contributed by atoms with Crippen LogP contribution >= 0.6 is 46.3 Å². The molecule has 192 valence electrons. The number of carbonyl (C=O) groups is 2. The van der Waals surface area contributed by atoms with Gasteiger partial charge in [0.25, 0.3) is 5.78 Å². The molecule has 0 spiro atoms. The summed E-state index contributed by atoms with van der Waals surface area (Å²) in [5, 5.41) is 20.9. The summed E-state index contributed by atoms with van der Waals surface area (Å²) in [6.45, 7) is 0. The Hall–Kier alpha value is -3.44. The number of thioether (sulfide) groups is 1. The minimum Gasteiger partial charge on any atom is -0.507 e. The van der Waals surface area contributed by atoms with Crippen molar-refractivity contribution in [1.29, 1.82) is 0 Å². The van der Waals surface area contributed by atoms with Gasteiger partial charge < -0.3 is 9.84 Å². The predicted molar refractivity (Wildman–Crippen MR) is 148 cm³/mol. The highest BCUT2D eigenvalue weighted by molar-refractivity contribution is 8.00. The standard InChI is InChI=1S/C26H18Cl2N4O4S2/c1-36-18-6-3-14(4-7-18)21-20(22(33)15-8-10-29-11-9-15)23(34)24(35)32(21)25-30-31-26(38-25)37-13-16-2-5-17(27)12-19(16)28/h2-12,21,33H,13H2,1H3/b22-20+. The number of hydrogen-bond donors (Lipinski definition) is 1. The summed E-state index contributed by atoms with van der Waals surface area (Å²) < 4.78 is 5.83. The van der Waals surface area contributed by atoms with Crippen LogP contribution in [-0.2, 0) is 15.3 Å². The Balaban J connectivity index is 1.52. The van der Waals surface area contributed by atoms with E-state index in [0.29, 0.717) is 37.0 Å². The molecule has 0 bridgehead atoms. The Labute approximate surface area is 235 Å². The van der Waals surface area contributed by atoms with Crippen LogP contribution in [0.2, 0.25) is 10.0 Å². The van der Waals surface area contributed by atoms with Gasteiger partial charge in [0.1, 0.15) is 11.5 Å². The lowest BCUT2D eigenvalue weighted by molar-refractivity contribution is -0.132. The summed E-state index contributed by atoms with van der Waals surface area (Å²) in [6, 6.07) is 14.4. The van der Waals surface area contributed by atoms with Crippen LogP contribution in [0.1, 0.15) is 22.7 Å². The fraction of sp³-hybridized carbons (Fsp3) is 0.115. The largest absolute Gasteiger partial charge is 0.507 e. The maximum atomic E-state index is 13.3. The molecule has 3 heterocycles. The number of halogens is 2. The highest BCUT2D eigenvalue weighted by Crippen LogP contribution is 2.44. The van der Waals surface area contributed by atoms with Crippen LogP contribution in [0, 0.1) is 0 Å². The molecule has 1 saturated heterocycles. The molecule has 1 amide bonds. The van der Waals surface area contributed by atoms with Crippen molar-refractivity contribution in [3.63, 3.8) is 0 Å². The Morgan fingerprint density at radius 1 is 1.08 bits per heavy atom. The second-order valence-electron chi connectivity index (χ2n) is 8.05. The summed E-state index contributed by atoms with van der Waals surface area (Å²) in [5.74, 6) is -0.818. The number of nitrogens with zero attached hydrogens (tertiary/aromatic N) is 4. The third kappa shape index (κ3) is 5.12. The number of rotatable bonds is 7. The molecule has 0 aliphatic carbocycles. The lowest BCUT2D eigenvalue weighted by Gasteiger charge is -2.22. The van der Waals surface area contributed by atoms with Gasteiger partial charge in [-0.25, -0.2) is 0 Å². The molecule has 1 fully saturated rings. The molecule has 1 aliphatic rings. The smallest absolute Gasteiger partial charge is 0.301 e. The van der Waals surface area contributed by atoms with E-state index < -0.39 is 17.7 Å². The number of ether oxygens (including phenoxy) is 1. The minimum atomic E-state index is -0.925. The van der Waals surface area contributed by atoms with E-state index in [-0.39, 0.29) is 16.5 Å². The van der Waals surface area contributed by atoms with Crippen LogP contribution < -0.4 is 9.64 Å². The molecule has 1 N–H and O–H groups in total. The van der Waals surface area contributed by atoms with Crippen LogP contribution in [0.5, 0.6) is 5.75 Å². The maximum absolute atomic E-state index is 13.3. The number of Topliss-reactive ketones (excluding diaryl/α,β-unsaturated/α-hetero) is 1. The molecule has 0 saturated carbocycles. The lowest BCUT2D eigenvalue weighted by Crippen LogP contribution is -2.29. The Kier molecular flexibility index (Phi) is 7.66. The molecule has 5 rings (SSSR count). The number of pyridine rings is 1. The van der Waals surface area contributed by atoms with Gasteiger partial charge in [-0.05, 0) is 47.5 Å². The van der Waals surface area contributed by atoms with Crippen molar-refractivity contribution < 1.29 is 19.4 Å². The number of methoxy groups -OCH3 is 1. The minimum absolute atomic E-state index is 0.0521. The van der Waals surface area contributed by atoms with Crippen molar-refractivity contribution in [2.45, 2.75) is 16.1 Å². The first-order valence-electron chi connectivity index (χ1n) is 11.1. The normalized spacial score (nSPS) is 16.7. The average Bonchev–Trinajstić information content (AvgIpc) is 3.50. The maximum Gasteiger partial charge on any atom is 0.301 e. The van der Waals surface area contributed by atoms with Crippen molar-refractivity contribution in [3.8, 4) is 5.75 Å². The molecule has 1 unspecified atom stereocenters. The topological polar surface area (TPSA) is 106 Å². The number of ketones is 1. The molecular formula is C26H18Cl2N4O4S2. The Morgan fingerprint density at radius 3 is 2.50 bits per heavy atom. The van der Waals surface area contributed by atoms with Gasteiger partial charge >= 0.3 is 5.91 Å². The average molecular weight is 585 g/mol. The van der Waals surface area contributed by atoms with Gasteiger partial charge in [0.15, 0.2) is 4.34 Å². The number of aliphatic hydroxyl groups is 1. The van der Waals surface area contributed by atoms with E-state index in [0.717, 1.165) is 5.56 Å². The fourth-order valence-corrected chi connectivity index (χ4v) is 6.36. The predicted octanol–water partition coefficient (Wildman–Crippen LogP) is 6.17. The van der Waals surface area contributed by atoms with E-state index in [1.54, 1.807) is 55.6 Å². The van der Waals surface area contributed by atoms with E-state index in [4.69, 9.17) is 27.9 Å². The second-order valence-corrected chi connectivity index (χ2v) is 11.1. The number of carbonyl (C=O) groups excluding carboxylic acids is 2. The van der Waals surface area contributed by atoms with Gasteiger partial charge in [-0.3, -0.25) is 19.5 Å². The zero-order valence-electron chi connectivity index (χ0n) is 19.7. The number of amides is 1. The van der Waals surface area contributed by atoms with Crippen molar-refractivity contribution in [1.82, 2.24) is 15.2 Å². The first-order chi connectivity index (χ1) is 18.4. The first kappa shape index (κ1) is 26.2. The van der Waals surface area contributed by atoms with Crippen molar-refractivity contribution >= 4 is 68.9 Å². The highest BCUT2D eigenvalue weighted by atomic mass is 35.5. The van der Waals surface area contributed by atoms with Crippen molar-refractivity contribution in [3.05, 3.63) is 99.3 Å². The summed E-state index contributed by atoms with van der Waals surface area (Å²) >= 11 is 14.8. The van der Waals surface area contributed by atoms with Crippen LogP contribution in [0.15, 0.2) is 76.9 Å². The molecule has 1 aliphatic heterocycles. The van der Waals surface area contributed by atoms with E-state index in [1.807, 2.05) is 6.07 Å². The van der Waals surface area contributed by atoms with E-state index in [1.165, 1.54) is 40.4 Å². The van der Waals surface area contributed by atoms with Gasteiger partial charge in [-0.1, -0.05) is 64.5 Å². The van der Waals surface area contributed by atoms with E-state index in [9.17, 15) is 14.7 Å². The van der Waals surface area contributed by atoms with Crippen LogP contribution in [-0.4, -0.2) is 39.1 Å². The van der Waals surface area contributed by atoms with E-state index in [2.05, 4.69) is 15.2 Å². The third-order valence-corrected chi connectivity index (χ3v) is 8.49. The number of hydrogen-bond acceptors (Lipinski definition) is 9. The molecule has 12 heteroatoms. The van der Waals surface area contributed by atoms with Gasteiger partial charge in [0.05, 0.1) is 18.7 Å². The summed E-state index contributed by atoms with van der Waals surface area (Å²) in [5.41, 5.74) is 1.78. The molecule has 38 heavy (non-hydrogen) atoms. The van der Waals surface area contributed by atoms with Gasteiger partial charge in [-0.15, -0.1) is 10.2 Å². The summed E-state index contributed by atoms with van der Waals surface area (Å²) in [7, 11) is 1.54. The fourth-order valence-electron chi connectivity index (χ4n) is 3.93. The molecule has 1 atom stereocenters. The number of anilines is 1. The summed E-state index contributed by atoms with van der Waals surface area (Å²) in [6.07, 6.45) is 2.99. The lowest BCUT2D eigenvalue weighted by atomic mass is 9.95. The van der Waals surface area contributed by atoms with Gasteiger partial charge in [0, 0.05) is 33.8 Å². The molecule has 8 nitrogen and oxygen atoms in total. The number of aromatic nitrogens is 3. The molecule has 0 radical (unpaired) electrons. The first-order valence-corrected chi connectivity index (χ1v) is 13.7. The monoisotopic (exact) mass is 584 g/mol. The SMILES string of the molecule is COc1ccc(C2/C(=C(\O)c3ccncc3)C(=O)C(=O)N2c2nnc(SCc3ccc(Cl)cc3Cl)s2)cc1. The molecule has 4 aromatic rings. The van der Waals surface area contributed by atoms with Crippen LogP contribution in [0.25, 0.3) is 5.76 Å². The zero-order valence-corrected chi connectivity index (χ0v) is 22.8. The van der Waals surface area contributed by atoms with Crippen molar-refractivity contribution in [2.24, 2.45) is 0 Å². The Morgan fingerprint density at radius 2 is 1.82 bits per heavy atom. The van der Waals surface area contributed by atoms with Crippen molar-refractivity contribution in [2.75, 3.05) is 12.0 Å². The molecule has 2 aromatic carbocycles. The molecular weight excluding hydrogens is 567 g/mol. The van der Waals surface area contributed by atoms with Crippen LogP contribution in [0.3, 0.4) is 0 Å². The molecule has 2 aromatic heterocycles. The third-order valence-electron chi connectivity index (χ3n) is 5.80. The second kappa shape index (κ2) is 11.1. The number of benzene rings is 2.